The summed E-state index contributed by atoms with van der Waals surface area (Å²) in [6.07, 6.45) is 0. The second-order valence-corrected chi connectivity index (χ2v) is 5.30. The van der Waals surface area contributed by atoms with Crippen molar-refractivity contribution in [3.63, 3.8) is 0 Å². The summed E-state index contributed by atoms with van der Waals surface area (Å²) in [5, 5.41) is 7.02. The number of nitrogens with one attached hydrogen (secondary N) is 1. The van der Waals surface area contributed by atoms with E-state index in [-0.39, 0.29) is 0 Å². The molecule has 1 aromatic carbocycles. The minimum Gasteiger partial charge on any atom is -0.485 e. The van der Waals surface area contributed by atoms with Gasteiger partial charge in [-0.2, -0.15) is 0 Å². The highest BCUT2D eigenvalue weighted by Crippen LogP contribution is 2.28. The van der Waals surface area contributed by atoms with Gasteiger partial charge in [0.05, 0.1) is 5.69 Å². The van der Waals surface area contributed by atoms with Gasteiger partial charge in [0, 0.05) is 12.6 Å². The van der Waals surface area contributed by atoms with Gasteiger partial charge in [-0.25, -0.2) is 0 Å². The number of hydrogen-bond acceptors (Lipinski definition) is 4. The molecule has 4 heteroatoms. The van der Waals surface area contributed by atoms with E-state index in [4.69, 9.17) is 9.26 Å². The molecule has 0 amide bonds. The number of benzene rings is 1. The first-order valence-corrected chi connectivity index (χ1v) is 6.92. The van der Waals surface area contributed by atoms with E-state index < -0.39 is 0 Å². The summed E-state index contributed by atoms with van der Waals surface area (Å²) in [5.41, 5.74) is 3.29. The van der Waals surface area contributed by atoms with Gasteiger partial charge in [0.2, 0.25) is 0 Å². The number of aryl methyl sites for hydroxylation is 1. The lowest BCUT2D eigenvalue weighted by atomic mass is 10.0. The Balaban J connectivity index is 2.07. The monoisotopic (exact) mass is 274 g/mol. The SMILES string of the molecule is CNCc1cc(COc2cc(C)ccc2C(C)C)on1. The van der Waals surface area contributed by atoms with Crippen LogP contribution in [0, 0.1) is 6.92 Å². The molecule has 2 rings (SSSR count). The maximum Gasteiger partial charge on any atom is 0.174 e. The fourth-order valence-electron chi connectivity index (χ4n) is 2.08. The smallest absolute Gasteiger partial charge is 0.174 e. The van der Waals surface area contributed by atoms with Crippen molar-refractivity contribution in [2.45, 2.75) is 39.8 Å². The lowest BCUT2D eigenvalue weighted by molar-refractivity contribution is 0.246. The van der Waals surface area contributed by atoms with Gasteiger partial charge in [0.1, 0.15) is 12.4 Å². The second kappa shape index (κ2) is 6.57. The molecule has 1 N–H and O–H groups in total. The van der Waals surface area contributed by atoms with E-state index >= 15 is 0 Å². The molecular weight excluding hydrogens is 252 g/mol. The third-order valence-corrected chi connectivity index (χ3v) is 3.13. The van der Waals surface area contributed by atoms with Gasteiger partial charge < -0.3 is 14.6 Å². The molecule has 0 spiro atoms. The Labute approximate surface area is 120 Å². The number of aromatic nitrogens is 1. The van der Waals surface area contributed by atoms with Crippen LogP contribution >= 0.6 is 0 Å². The van der Waals surface area contributed by atoms with Crippen LogP contribution in [0.2, 0.25) is 0 Å². The molecule has 0 aliphatic heterocycles. The zero-order valence-corrected chi connectivity index (χ0v) is 12.6. The topological polar surface area (TPSA) is 47.3 Å². The Morgan fingerprint density at radius 1 is 1.30 bits per heavy atom. The van der Waals surface area contributed by atoms with Gasteiger partial charge in [-0.3, -0.25) is 0 Å². The first kappa shape index (κ1) is 14.6. The molecule has 0 unspecified atom stereocenters. The molecule has 4 nitrogen and oxygen atoms in total. The molecular formula is C16H22N2O2. The summed E-state index contributed by atoms with van der Waals surface area (Å²) in [4.78, 5) is 0. The Kier molecular flexibility index (Phi) is 4.79. The maximum absolute atomic E-state index is 5.90. The first-order valence-electron chi connectivity index (χ1n) is 6.92. The normalized spacial score (nSPS) is 11.1. The van der Waals surface area contributed by atoms with Crippen molar-refractivity contribution in [3.05, 3.63) is 46.8 Å². The van der Waals surface area contributed by atoms with Crippen LogP contribution in [0.15, 0.2) is 28.8 Å². The molecule has 20 heavy (non-hydrogen) atoms. The Morgan fingerprint density at radius 3 is 2.80 bits per heavy atom. The predicted molar refractivity (Wildman–Crippen MR) is 78.9 cm³/mol. The van der Waals surface area contributed by atoms with E-state index in [9.17, 15) is 0 Å². The summed E-state index contributed by atoms with van der Waals surface area (Å²) >= 11 is 0. The van der Waals surface area contributed by atoms with E-state index in [1.807, 2.05) is 13.1 Å². The fraction of sp³-hybridized carbons (Fsp3) is 0.438. The van der Waals surface area contributed by atoms with E-state index in [0.717, 1.165) is 17.2 Å². The zero-order chi connectivity index (χ0) is 14.5. The van der Waals surface area contributed by atoms with Gasteiger partial charge in [-0.1, -0.05) is 31.1 Å². The molecule has 0 saturated heterocycles. The Hall–Kier alpha value is -1.81. The first-order chi connectivity index (χ1) is 9.60. The molecule has 1 heterocycles. The van der Waals surface area contributed by atoms with Crippen molar-refractivity contribution in [3.8, 4) is 5.75 Å². The Bertz CT molecular complexity index is 561. The highest BCUT2D eigenvalue weighted by molar-refractivity contribution is 5.39. The molecule has 0 atom stereocenters. The van der Waals surface area contributed by atoms with Crippen molar-refractivity contribution in [1.82, 2.24) is 10.5 Å². The molecule has 2 aromatic rings. The number of nitrogens with zero attached hydrogens (tertiary/aromatic N) is 1. The van der Waals surface area contributed by atoms with E-state index in [1.165, 1.54) is 11.1 Å². The highest BCUT2D eigenvalue weighted by Gasteiger charge is 2.10. The van der Waals surface area contributed by atoms with Crippen LogP contribution in [-0.4, -0.2) is 12.2 Å². The quantitative estimate of drug-likeness (QED) is 0.877. The Morgan fingerprint density at radius 2 is 2.10 bits per heavy atom. The van der Waals surface area contributed by atoms with Gasteiger partial charge >= 0.3 is 0 Å². The lowest BCUT2D eigenvalue weighted by Gasteiger charge is -2.13. The average molecular weight is 274 g/mol. The molecule has 0 radical (unpaired) electrons. The summed E-state index contributed by atoms with van der Waals surface area (Å²) in [5.74, 6) is 2.10. The van der Waals surface area contributed by atoms with E-state index in [0.29, 0.717) is 19.1 Å². The second-order valence-electron chi connectivity index (χ2n) is 5.30. The fourth-order valence-corrected chi connectivity index (χ4v) is 2.08. The zero-order valence-electron chi connectivity index (χ0n) is 12.6. The van der Waals surface area contributed by atoms with E-state index in [1.54, 1.807) is 0 Å². The van der Waals surface area contributed by atoms with Crippen molar-refractivity contribution >= 4 is 0 Å². The molecule has 108 valence electrons. The van der Waals surface area contributed by atoms with E-state index in [2.05, 4.69) is 49.4 Å². The van der Waals surface area contributed by atoms with Crippen molar-refractivity contribution < 1.29 is 9.26 Å². The average Bonchev–Trinajstić information content (AvgIpc) is 2.84. The van der Waals surface area contributed by atoms with Crippen LogP contribution in [-0.2, 0) is 13.2 Å². The van der Waals surface area contributed by atoms with Crippen molar-refractivity contribution in [2.75, 3.05) is 7.05 Å². The number of hydrogen-bond donors (Lipinski definition) is 1. The molecule has 0 fully saturated rings. The van der Waals surface area contributed by atoms with Gasteiger partial charge in [-0.05, 0) is 37.1 Å². The molecule has 0 aliphatic carbocycles. The number of rotatable bonds is 6. The number of ether oxygens (including phenoxy) is 1. The molecule has 0 bridgehead atoms. The third kappa shape index (κ3) is 3.61. The van der Waals surface area contributed by atoms with Gasteiger partial charge in [0.15, 0.2) is 5.76 Å². The summed E-state index contributed by atoms with van der Waals surface area (Å²) in [6, 6.07) is 8.23. The van der Waals surface area contributed by atoms with Crippen LogP contribution in [0.3, 0.4) is 0 Å². The van der Waals surface area contributed by atoms with Crippen LogP contribution in [0.25, 0.3) is 0 Å². The molecule has 0 saturated carbocycles. The van der Waals surface area contributed by atoms with Crippen LogP contribution in [0.5, 0.6) is 5.75 Å². The van der Waals surface area contributed by atoms with Crippen LogP contribution < -0.4 is 10.1 Å². The predicted octanol–water partition coefficient (Wildman–Crippen LogP) is 3.40. The largest absolute Gasteiger partial charge is 0.485 e. The standard InChI is InChI=1S/C16H22N2O2/c1-11(2)15-6-5-12(3)7-16(15)19-10-14-8-13(9-17-4)18-20-14/h5-8,11,17H,9-10H2,1-4H3. The van der Waals surface area contributed by atoms with Gasteiger partial charge in [-0.15, -0.1) is 0 Å². The molecule has 0 aliphatic rings. The highest BCUT2D eigenvalue weighted by atomic mass is 16.5. The molecule has 1 aromatic heterocycles. The van der Waals surface area contributed by atoms with Gasteiger partial charge in [0.25, 0.3) is 0 Å². The lowest BCUT2D eigenvalue weighted by Crippen LogP contribution is -2.04. The van der Waals surface area contributed by atoms with Crippen molar-refractivity contribution in [1.29, 1.82) is 0 Å². The summed E-state index contributed by atoms with van der Waals surface area (Å²) in [6.45, 7) is 7.50. The van der Waals surface area contributed by atoms with Crippen LogP contribution in [0.4, 0.5) is 0 Å². The van der Waals surface area contributed by atoms with Crippen LogP contribution in [0.1, 0.15) is 42.3 Å². The minimum absolute atomic E-state index is 0.403. The third-order valence-electron chi connectivity index (χ3n) is 3.13. The minimum atomic E-state index is 0.403. The summed E-state index contributed by atoms with van der Waals surface area (Å²) < 4.78 is 11.2. The maximum atomic E-state index is 5.90. The summed E-state index contributed by atoms with van der Waals surface area (Å²) in [7, 11) is 1.88. The van der Waals surface area contributed by atoms with Crippen molar-refractivity contribution in [2.24, 2.45) is 0 Å².